The Labute approximate surface area is 149 Å². The lowest BCUT2D eigenvalue weighted by molar-refractivity contribution is 0.445. The van der Waals surface area contributed by atoms with Crippen molar-refractivity contribution in [3.8, 4) is 0 Å². The van der Waals surface area contributed by atoms with Crippen molar-refractivity contribution in [2.75, 3.05) is 24.4 Å². The molecule has 0 saturated heterocycles. The van der Waals surface area contributed by atoms with Crippen LogP contribution >= 0.6 is 0 Å². The molecule has 136 valence electrons. The van der Waals surface area contributed by atoms with Crippen LogP contribution in [0.1, 0.15) is 13.8 Å². The number of anilines is 1. The normalized spacial score (nSPS) is 12.3. The molecule has 0 aliphatic rings. The highest BCUT2D eigenvalue weighted by Crippen LogP contribution is 2.23. The molecule has 0 bridgehead atoms. The fourth-order valence-corrected chi connectivity index (χ4v) is 5.08. The van der Waals surface area contributed by atoms with E-state index in [1.54, 1.807) is 44.2 Å². The molecule has 0 aromatic heterocycles. The summed E-state index contributed by atoms with van der Waals surface area (Å²) in [7, 11) is -5.91. The van der Waals surface area contributed by atoms with Gasteiger partial charge in [0.2, 0.25) is 10.0 Å². The second-order valence-corrected chi connectivity index (χ2v) is 9.28. The van der Waals surface area contributed by atoms with Crippen LogP contribution in [0, 0.1) is 0 Å². The van der Waals surface area contributed by atoms with Gasteiger partial charge in [-0.1, -0.05) is 32.0 Å². The molecule has 0 radical (unpaired) electrons. The zero-order valence-corrected chi connectivity index (χ0v) is 16.1. The van der Waals surface area contributed by atoms with Crippen LogP contribution < -0.4 is 4.31 Å². The fourth-order valence-electron chi connectivity index (χ4n) is 2.43. The van der Waals surface area contributed by atoms with Crippen LogP contribution in [0.2, 0.25) is 0 Å². The van der Waals surface area contributed by atoms with Gasteiger partial charge in [0.25, 0.3) is 10.0 Å². The van der Waals surface area contributed by atoms with E-state index in [0.29, 0.717) is 18.8 Å². The van der Waals surface area contributed by atoms with Crippen molar-refractivity contribution in [1.29, 1.82) is 0 Å². The second-order valence-electron chi connectivity index (χ2n) is 5.37. The number of hydrogen-bond donors (Lipinski definition) is 0. The van der Waals surface area contributed by atoms with Gasteiger partial charge in [0.15, 0.2) is 0 Å². The van der Waals surface area contributed by atoms with Gasteiger partial charge in [0.05, 0.1) is 15.5 Å². The Morgan fingerprint density at radius 1 is 0.720 bits per heavy atom. The van der Waals surface area contributed by atoms with Crippen LogP contribution in [0.4, 0.5) is 5.69 Å². The maximum absolute atomic E-state index is 12.7. The van der Waals surface area contributed by atoms with Gasteiger partial charge in [-0.25, -0.2) is 16.8 Å². The first-order valence-corrected chi connectivity index (χ1v) is 10.8. The minimum Gasteiger partial charge on any atom is -0.269 e. The van der Waals surface area contributed by atoms with Crippen molar-refractivity contribution in [2.45, 2.75) is 23.6 Å². The van der Waals surface area contributed by atoms with E-state index in [1.165, 1.54) is 39.9 Å². The first kappa shape index (κ1) is 19.4. The molecule has 0 aliphatic carbocycles. The second kappa shape index (κ2) is 7.55. The molecular weight excluding hydrogens is 360 g/mol. The van der Waals surface area contributed by atoms with E-state index in [2.05, 4.69) is 0 Å². The van der Waals surface area contributed by atoms with Crippen molar-refractivity contribution in [2.24, 2.45) is 0 Å². The van der Waals surface area contributed by atoms with E-state index in [9.17, 15) is 16.8 Å². The molecule has 0 heterocycles. The predicted octanol–water partition coefficient (Wildman–Crippen LogP) is 2.54. The number of benzene rings is 2. The van der Waals surface area contributed by atoms with Gasteiger partial charge in [-0.15, -0.1) is 0 Å². The molecule has 8 heteroatoms. The molecule has 0 spiro atoms. The highest BCUT2D eigenvalue weighted by atomic mass is 32.2. The van der Waals surface area contributed by atoms with E-state index in [1.807, 2.05) is 0 Å². The topological polar surface area (TPSA) is 74.8 Å². The molecule has 6 nitrogen and oxygen atoms in total. The third kappa shape index (κ3) is 3.86. The van der Waals surface area contributed by atoms with Crippen LogP contribution in [-0.4, -0.2) is 41.3 Å². The lowest BCUT2D eigenvalue weighted by Gasteiger charge is -2.20. The highest BCUT2D eigenvalue weighted by molar-refractivity contribution is 7.92. The van der Waals surface area contributed by atoms with Crippen molar-refractivity contribution in [3.63, 3.8) is 0 Å². The summed E-state index contributed by atoms with van der Waals surface area (Å²) in [5.41, 5.74) is 0.530. The van der Waals surface area contributed by atoms with Crippen LogP contribution in [0.3, 0.4) is 0 Å². The quantitative estimate of drug-likeness (QED) is 0.737. The Balaban J connectivity index is 2.36. The number of nitrogens with zero attached hydrogens (tertiary/aromatic N) is 2. The number of hydrogen-bond acceptors (Lipinski definition) is 4. The zero-order valence-electron chi connectivity index (χ0n) is 14.5. The van der Waals surface area contributed by atoms with E-state index in [4.69, 9.17) is 0 Å². The molecular formula is C17H22N2O4S2. The lowest BCUT2D eigenvalue weighted by atomic mass is 10.3. The lowest BCUT2D eigenvalue weighted by Crippen LogP contribution is -2.30. The van der Waals surface area contributed by atoms with Crippen LogP contribution in [-0.2, 0) is 20.0 Å². The minimum absolute atomic E-state index is 0.0392. The van der Waals surface area contributed by atoms with E-state index in [-0.39, 0.29) is 9.79 Å². The predicted molar refractivity (Wildman–Crippen MR) is 98.6 cm³/mol. The number of rotatable bonds is 7. The molecule has 0 N–H and O–H groups in total. The Kier molecular flexibility index (Phi) is 5.87. The molecule has 0 aliphatic heterocycles. The average Bonchev–Trinajstić information content (AvgIpc) is 2.62. The molecule has 0 atom stereocenters. The molecule has 25 heavy (non-hydrogen) atoms. The molecule has 0 amide bonds. The molecule has 2 aromatic carbocycles. The van der Waals surface area contributed by atoms with Crippen molar-refractivity contribution < 1.29 is 16.8 Å². The summed E-state index contributed by atoms with van der Waals surface area (Å²) >= 11 is 0. The standard InChI is InChI=1S/C17H22N2O4S2/c1-4-19(5-2)25(22,23)17-13-11-16(12-14-17)24(20,21)18(3)15-9-7-6-8-10-15/h6-14H,4-5H2,1-3H3. The van der Waals surface area contributed by atoms with E-state index in [0.717, 1.165) is 0 Å². The minimum atomic E-state index is -3.76. The molecule has 0 unspecified atom stereocenters. The summed E-state index contributed by atoms with van der Waals surface area (Å²) in [5.74, 6) is 0. The average molecular weight is 383 g/mol. The summed E-state index contributed by atoms with van der Waals surface area (Å²) in [6, 6.07) is 14.0. The Bertz CT molecular complexity index is 905. The molecule has 0 saturated carbocycles. The largest absolute Gasteiger partial charge is 0.269 e. The zero-order chi connectivity index (χ0) is 18.7. The third-order valence-corrected chi connectivity index (χ3v) is 7.81. The van der Waals surface area contributed by atoms with Crippen molar-refractivity contribution in [3.05, 3.63) is 54.6 Å². The van der Waals surface area contributed by atoms with Crippen molar-refractivity contribution >= 4 is 25.7 Å². The first-order valence-electron chi connectivity index (χ1n) is 7.89. The Morgan fingerprint density at radius 2 is 1.16 bits per heavy atom. The van der Waals surface area contributed by atoms with Gasteiger partial charge in [0, 0.05) is 20.1 Å². The van der Waals surface area contributed by atoms with Gasteiger partial charge >= 0.3 is 0 Å². The number of sulfonamides is 2. The molecule has 2 aromatic rings. The monoisotopic (exact) mass is 382 g/mol. The third-order valence-electron chi connectivity index (χ3n) is 3.95. The van der Waals surface area contributed by atoms with Gasteiger partial charge in [-0.2, -0.15) is 4.31 Å². The van der Waals surface area contributed by atoms with Crippen molar-refractivity contribution in [1.82, 2.24) is 4.31 Å². The Morgan fingerprint density at radius 3 is 1.60 bits per heavy atom. The van der Waals surface area contributed by atoms with Crippen LogP contribution in [0.15, 0.2) is 64.4 Å². The van der Waals surface area contributed by atoms with Gasteiger partial charge in [-0.3, -0.25) is 4.31 Å². The van der Waals surface area contributed by atoms with Gasteiger partial charge in [0.1, 0.15) is 0 Å². The fraction of sp³-hybridized carbons (Fsp3) is 0.294. The van der Waals surface area contributed by atoms with E-state index >= 15 is 0 Å². The summed E-state index contributed by atoms with van der Waals surface area (Å²) in [6.45, 7) is 4.23. The highest BCUT2D eigenvalue weighted by Gasteiger charge is 2.24. The van der Waals surface area contributed by atoms with Crippen LogP contribution in [0.25, 0.3) is 0 Å². The van der Waals surface area contributed by atoms with Gasteiger partial charge in [-0.05, 0) is 36.4 Å². The molecule has 0 fully saturated rings. The van der Waals surface area contributed by atoms with Crippen LogP contribution in [0.5, 0.6) is 0 Å². The Hall–Kier alpha value is -1.90. The van der Waals surface area contributed by atoms with E-state index < -0.39 is 20.0 Å². The maximum atomic E-state index is 12.7. The summed E-state index contributed by atoms with van der Waals surface area (Å²) < 4.78 is 52.9. The smallest absolute Gasteiger partial charge is 0.264 e. The van der Waals surface area contributed by atoms with Gasteiger partial charge < -0.3 is 0 Å². The summed E-state index contributed by atoms with van der Waals surface area (Å²) in [4.78, 5) is 0.120. The summed E-state index contributed by atoms with van der Waals surface area (Å²) in [5, 5.41) is 0. The summed E-state index contributed by atoms with van der Waals surface area (Å²) in [6.07, 6.45) is 0. The maximum Gasteiger partial charge on any atom is 0.264 e. The molecule has 2 rings (SSSR count). The first-order chi connectivity index (χ1) is 11.7. The number of para-hydroxylation sites is 1. The SMILES string of the molecule is CCN(CC)S(=O)(=O)c1ccc(S(=O)(=O)N(C)c2ccccc2)cc1.